The van der Waals surface area contributed by atoms with E-state index in [0.29, 0.717) is 5.56 Å². The van der Waals surface area contributed by atoms with Crippen LogP contribution in [-0.4, -0.2) is 35.1 Å². The van der Waals surface area contributed by atoms with Crippen LogP contribution in [0.15, 0.2) is 30.3 Å². The summed E-state index contributed by atoms with van der Waals surface area (Å²) in [6.07, 6.45) is -8.69. The minimum Gasteiger partial charge on any atom is -0.444 e. The van der Waals surface area contributed by atoms with Crippen molar-refractivity contribution in [2.24, 2.45) is 0 Å². The van der Waals surface area contributed by atoms with Gasteiger partial charge >= 0.3 is 12.3 Å². The Morgan fingerprint density at radius 3 is 2.23 bits per heavy atom. The SMILES string of the molecule is CC(C)(C)OC(=O)NC(Cc1ccccc1)C(O)C(F)(F)F. The number of ether oxygens (including phenoxy) is 1. The largest absolute Gasteiger partial charge is 0.444 e. The van der Waals surface area contributed by atoms with Gasteiger partial charge in [0.25, 0.3) is 0 Å². The Balaban J connectivity index is 2.85. The van der Waals surface area contributed by atoms with E-state index in [9.17, 15) is 23.1 Å². The van der Waals surface area contributed by atoms with Crippen molar-refractivity contribution >= 4 is 6.09 Å². The Labute approximate surface area is 127 Å². The van der Waals surface area contributed by atoms with E-state index < -0.39 is 30.0 Å². The lowest BCUT2D eigenvalue weighted by atomic mass is 10.0. The summed E-state index contributed by atoms with van der Waals surface area (Å²) in [5, 5.41) is 11.6. The number of hydrogen-bond acceptors (Lipinski definition) is 3. The molecule has 7 heteroatoms. The fraction of sp³-hybridized carbons (Fsp3) is 0.533. The molecule has 2 unspecified atom stereocenters. The molecular weight excluding hydrogens is 299 g/mol. The third-order valence-electron chi connectivity index (χ3n) is 2.72. The number of alkyl carbamates (subject to hydrolysis) is 1. The average Bonchev–Trinajstić information content (AvgIpc) is 2.35. The first-order chi connectivity index (χ1) is 9.99. The maximum Gasteiger partial charge on any atom is 0.416 e. The topological polar surface area (TPSA) is 58.6 Å². The predicted octanol–water partition coefficient (Wildman–Crippen LogP) is 3.05. The molecule has 0 saturated heterocycles. The Hall–Kier alpha value is -1.76. The van der Waals surface area contributed by atoms with Crippen LogP contribution in [0.4, 0.5) is 18.0 Å². The van der Waals surface area contributed by atoms with Crippen LogP contribution < -0.4 is 5.32 Å². The van der Waals surface area contributed by atoms with E-state index in [4.69, 9.17) is 4.74 Å². The summed E-state index contributed by atoms with van der Waals surface area (Å²) < 4.78 is 43.2. The van der Waals surface area contributed by atoms with Gasteiger partial charge in [0.2, 0.25) is 0 Å². The lowest BCUT2D eigenvalue weighted by molar-refractivity contribution is -0.211. The number of carbonyl (C=O) groups excluding carboxylic acids is 1. The van der Waals surface area contributed by atoms with Gasteiger partial charge in [0.05, 0.1) is 6.04 Å². The molecule has 0 aliphatic heterocycles. The van der Waals surface area contributed by atoms with Gasteiger partial charge in [-0.2, -0.15) is 13.2 Å². The number of aliphatic hydroxyl groups excluding tert-OH is 1. The summed E-state index contributed by atoms with van der Waals surface area (Å²) >= 11 is 0. The van der Waals surface area contributed by atoms with Gasteiger partial charge in [0, 0.05) is 0 Å². The Kier molecular flexibility index (Phi) is 5.82. The second-order valence-electron chi connectivity index (χ2n) is 5.93. The van der Waals surface area contributed by atoms with Crippen molar-refractivity contribution in [3.05, 3.63) is 35.9 Å². The molecule has 0 aliphatic rings. The van der Waals surface area contributed by atoms with Crippen molar-refractivity contribution in [3.8, 4) is 0 Å². The normalized spacial score (nSPS) is 15.0. The van der Waals surface area contributed by atoms with Gasteiger partial charge in [0.15, 0.2) is 6.10 Å². The summed E-state index contributed by atoms with van der Waals surface area (Å²) in [7, 11) is 0. The van der Waals surface area contributed by atoms with Crippen molar-refractivity contribution in [3.63, 3.8) is 0 Å². The van der Waals surface area contributed by atoms with Crippen LogP contribution in [0, 0.1) is 0 Å². The Morgan fingerprint density at radius 1 is 1.23 bits per heavy atom. The van der Waals surface area contributed by atoms with Gasteiger partial charge < -0.3 is 15.2 Å². The van der Waals surface area contributed by atoms with Crippen LogP contribution in [0.5, 0.6) is 0 Å². The van der Waals surface area contributed by atoms with Crippen molar-refractivity contribution in [1.82, 2.24) is 5.32 Å². The van der Waals surface area contributed by atoms with Crippen molar-refractivity contribution in [1.29, 1.82) is 0 Å². The number of benzene rings is 1. The maximum absolute atomic E-state index is 12.7. The van der Waals surface area contributed by atoms with Crippen LogP contribution in [0.25, 0.3) is 0 Å². The number of alkyl halides is 3. The van der Waals surface area contributed by atoms with Crippen molar-refractivity contribution in [2.75, 3.05) is 0 Å². The van der Waals surface area contributed by atoms with E-state index in [1.807, 2.05) is 0 Å². The van der Waals surface area contributed by atoms with Crippen molar-refractivity contribution in [2.45, 2.75) is 51.1 Å². The Bertz CT molecular complexity index is 483. The van der Waals surface area contributed by atoms with E-state index in [2.05, 4.69) is 5.32 Å². The molecule has 0 aliphatic carbocycles. The molecule has 0 heterocycles. The monoisotopic (exact) mass is 319 g/mol. The van der Waals surface area contributed by atoms with Crippen LogP contribution >= 0.6 is 0 Å². The van der Waals surface area contributed by atoms with Gasteiger partial charge in [-0.1, -0.05) is 30.3 Å². The molecule has 0 aromatic heterocycles. The highest BCUT2D eigenvalue weighted by molar-refractivity contribution is 5.68. The number of halogens is 3. The average molecular weight is 319 g/mol. The summed E-state index contributed by atoms with van der Waals surface area (Å²) in [5.74, 6) is 0. The summed E-state index contributed by atoms with van der Waals surface area (Å²) in [6.45, 7) is 4.79. The highest BCUT2D eigenvalue weighted by Crippen LogP contribution is 2.24. The smallest absolute Gasteiger partial charge is 0.416 e. The fourth-order valence-corrected chi connectivity index (χ4v) is 1.80. The van der Waals surface area contributed by atoms with Crippen LogP contribution in [-0.2, 0) is 11.2 Å². The number of carbonyl (C=O) groups is 1. The van der Waals surface area contributed by atoms with E-state index in [-0.39, 0.29) is 6.42 Å². The highest BCUT2D eigenvalue weighted by Gasteiger charge is 2.44. The molecule has 124 valence electrons. The Morgan fingerprint density at radius 2 is 1.77 bits per heavy atom. The van der Waals surface area contributed by atoms with Gasteiger partial charge in [0.1, 0.15) is 5.60 Å². The molecule has 2 atom stereocenters. The number of rotatable bonds is 4. The molecule has 0 fully saturated rings. The standard InChI is InChI=1S/C15H20F3NO3/c1-14(2,3)22-13(21)19-11(12(20)15(16,17)18)9-10-7-5-4-6-8-10/h4-8,11-12,20H,9H2,1-3H3,(H,19,21). The van der Waals surface area contributed by atoms with Gasteiger partial charge in [-0.05, 0) is 32.8 Å². The number of hydrogen-bond donors (Lipinski definition) is 2. The summed E-state index contributed by atoms with van der Waals surface area (Å²) in [5.41, 5.74) is -0.281. The lowest BCUT2D eigenvalue weighted by Gasteiger charge is -2.27. The lowest BCUT2D eigenvalue weighted by Crippen LogP contribution is -2.52. The molecule has 0 saturated carbocycles. The fourth-order valence-electron chi connectivity index (χ4n) is 1.80. The third kappa shape index (κ3) is 6.34. The summed E-state index contributed by atoms with van der Waals surface area (Å²) in [4.78, 5) is 11.7. The minimum atomic E-state index is -4.84. The number of amides is 1. The zero-order chi connectivity index (χ0) is 17.0. The van der Waals surface area contributed by atoms with E-state index in [1.54, 1.807) is 51.1 Å². The molecule has 1 rings (SSSR count). The summed E-state index contributed by atoms with van der Waals surface area (Å²) in [6, 6.07) is 6.76. The van der Waals surface area contributed by atoms with Crippen LogP contribution in [0.3, 0.4) is 0 Å². The van der Waals surface area contributed by atoms with E-state index in [1.165, 1.54) is 0 Å². The quantitative estimate of drug-likeness (QED) is 0.897. The van der Waals surface area contributed by atoms with Crippen LogP contribution in [0.2, 0.25) is 0 Å². The number of aliphatic hydroxyl groups is 1. The van der Waals surface area contributed by atoms with E-state index in [0.717, 1.165) is 0 Å². The maximum atomic E-state index is 12.7. The molecular formula is C15H20F3NO3. The predicted molar refractivity (Wildman–Crippen MR) is 75.4 cm³/mol. The van der Waals surface area contributed by atoms with E-state index >= 15 is 0 Å². The zero-order valence-corrected chi connectivity index (χ0v) is 12.6. The second kappa shape index (κ2) is 7.00. The second-order valence-corrected chi connectivity index (χ2v) is 5.93. The number of nitrogens with one attached hydrogen (secondary N) is 1. The first-order valence-corrected chi connectivity index (χ1v) is 6.77. The zero-order valence-electron chi connectivity index (χ0n) is 12.6. The van der Waals surface area contributed by atoms with Gasteiger partial charge in [-0.15, -0.1) is 0 Å². The third-order valence-corrected chi connectivity index (χ3v) is 2.72. The highest BCUT2D eigenvalue weighted by atomic mass is 19.4. The minimum absolute atomic E-state index is 0.166. The molecule has 1 aromatic carbocycles. The molecule has 1 aromatic rings. The van der Waals surface area contributed by atoms with Crippen LogP contribution in [0.1, 0.15) is 26.3 Å². The van der Waals surface area contributed by atoms with Gasteiger partial charge in [-0.3, -0.25) is 0 Å². The first-order valence-electron chi connectivity index (χ1n) is 6.77. The van der Waals surface area contributed by atoms with Crippen molar-refractivity contribution < 1.29 is 27.8 Å². The molecule has 1 amide bonds. The van der Waals surface area contributed by atoms with Gasteiger partial charge in [-0.25, -0.2) is 4.79 Å². The first kappa shape index (κ1) is 18.3. The molecule has 22 heavy (non-hydrogen) atoms. The molecule has 0 spiro atoms. The molecule has 0 bridgehead atoms. The molecule has 4 nitrogen and oxygen atoms in total. The molecule has 0 radical (unpaired) electrons. The molecule has 2 N–H and O–H groups in total.